The zero-order valence-electron chi connectivity index (χ0n) is 9.75. The van der Waals surface area contributed by atoms with Crippen molar-refractivity contribution < 1.29 is 9.53 Å². The molecule has 0 radical (unpaired) electrons. The van der Waals surface area contributed by atoms with E-state index < -0.39 is 5.97 Å². The smallest absolute Gasteiger partial charge is 0.360 e. The highest BCUT2D eigenvalue weighted by Crippen LogP contribution is 2.24. The fraction of sp³-hybridized carbons (Fsp3) is 0.0833. The minimum absolute atomic E-state index is 0.0365. The number of rotatable bonds is 2. The van der Waals surface area contributed by atoms with Crippen molar-refractivity contribution in [3.05, 3.63) is 36.0 Å². The average Bonchev–Trinajstić information content (AvgIpc) is 2.39. The maximum Gasteiger partial charge on any atom is 0.360 e. The molecule has 4 N–H and O–H groups in total. The third-order valence-electron chi connectivity index (χ3n) is 2.38. The first kappa shape index (κ1) is 11.8. The summed E-state index contributed by atoms with van der Waals surface area (Å²) < 4.78 is 4.59. The lowest BCUT2D eigenvalue weighted by Crippen LogP contribution is -2.13. The van der Waals surface area contributed by atoms with Crippen molar-refractivity contribution in [3.8, 4) is 11.3 Å². The number of nitrogen functional groups attached to an aromatic ring is 2. The number of aromatic nitrogens is 2. The first-order valence-electron chi connectivity index (χ1n) is 5.20. The topological polar surface area (TPSA) is 104 Å². The van der Waals surface area contributed by atoms with Gasteiger partial charge in [-0.15, -0.1) is 0 Å². The fourth-order valence-electron chi connectivity index (χ4n) is 1.52. The van der Waals surface area contributed by atoms with Crippen LogP contribution in [-0.2, 0) is 4.74 Å². The Hall–Kier alpha value is -2.63. The quantitative estimate of drug-likeness (QED) is 0.766. The van der Waals surface area contributed by atoms with Gasteiger partial charge >= 0.3 is 5.97 Å². The third-order valence-corrected chi connectivity index (χ3v) is 2.38. The van der Waals surface area contributed by atoms with Crippen molar-refractivity contribution >= 4 is 17.6 Å². The Labute approximate surface area is 104 Å². The van der Waals surface area contributed by atoms with Gasteiger partial charge in [-0.25, -0.2) is 14.8 Å². The standard InChI is InChI=1S/C12H12N4O2/c1-18-12(17)9-11(14)16-10(13)8(15-9)7-5-3-2-4-6-7/h2-6H,1H3,(H4,13,14,16). The predicted molar refractivity (Wildman–Crippen MR) is 67.6 cm³/mol. The lowest BCUT2D eigenvalue weighted by Gasteiger charge is -2.08. The number of carbonyl (C=O) groups excluding carboxylic acids is 1. The highest BCUT2D eigenvalue weighted by Gasteiger charge is 2.17. The molecule has 2 rings (SSSR count). The third kappa shape index (κ3) is 2.08. The minimum atomic E-state index is -0.641. The van der Waals surface area contributed by atoms with Gasteiger partial charge in [-0.1, -0.05) is 30.3 Å². The van der Waals surface area contributed by atoms with Gasteiger partial charge in [0.05, 0.1) is 7.11 Å². The van der Waals surface area contributed by atoms with E-state index in [0.29, 0.717) is 5.69 Å². The minimum Gasteiger partial charge on any atom is -0.464 e. The summed E-state index contributed by atoms with van der Waals surface area (Å²) in [4.78, 5) is 19.5. The van der Waals surface area contributed by atoms with Crippen molar-refractivity contribution in [2.24, 2.45) is 0 Å². The molecule has 0 aliphatic heterocycles. The molecule has 0 amide bonds. The second-order valence-electron chi connectivity index (χ2n) is 3.55. The SMILES string of the molecule is COC(=O)c1nc(-c2ccccc2)c(N)nc1N. The highest BCUT2D eigenvalue weighted by molar-refractivity contribution is 5.93. The van der Waals surface area contributed by atoms with Crippen LogP contribution in [0.4, 0.5) is 11.6 Å². The maximum absolute atomic E-state index is 11.5. The zero-order valence-corrected chi connectivity index (χ0v) is 9.75. The van der Waals surface area contributed by atoms with Crippen molar-refractivity contribution in [2.45, 2.75) is 0 Å². The van der Waals surface area contributed by atoms with Crippen molar-refractivity contribution in [3.63, 3.8) is 0 Å². The maximum atomic E-state index is 11.5. The molecule has 0 atom stereocenters. The van der Waals surface area contributed by atoms with E-state index in [1.807, 2.05) is 30.3 Å². The van der Waals surface area contributed by atoms with Crippen LogP contribution >= 0.6 is 0 Å². The Morgan fingerprint density at radius 1 is 1.11 bits per heavy atom. The van der Waals surface area contributed by atoms with Gasteiger partial charge < -0.3 is 16.2 Å². The van der Waals surface area contributed by atoms with Crippen LogP contribution in [0.3, 0.4) is 0 Å². The van der Waals surface area contributed by atoms with Crippen molar-refractivity contribution in [2.75, 3.05) is 18.6 Å². The van der Waals surface area contributed by atoms with E-state index in [-0.39, 0.29) is 17.3 Å². The molecular formula is C12H12N4O2. The molecule has 0 aliphatic rings. The van der Waals surface area contributed by atoms with Gasteiger partial charge in [-0.05, 0) is 0 Å². The first-order valence-corrected chi connectivity index (χ1v) is 5.20. The highest BCUT2D eigenvalue weighted by atomic mass is 16.5. The number of anilines is 2. The molecule has 6 heteroatoms. The Balaban J connectivity index is 2.59. The van der Waals surface area contributed by atoms with Gasteiger partial charge in [0.1, 0.15) is 5.69 Å². The van der Waals surface area contributed by atoms with E-state index in [1.54, 1.807) is 0 Å². The predicted octanol–water partition coefficient (Wildman–Crippen LogP) is 1.09. The van der Waals surface area contributed by atoms with Gasteiger partial charge in [0, 0.05) is 5.56 Å². The summed E-state index contributed by atoms with van der Waals surface area (Å²) >= 11 is 0. The summed E-state index contributed by atoms with van der Waals surface area (Å²) in [5.41, 5.74) is 12.5. The van der Waals surface area contributed by atoms with Crippen LogP contribution < -0.4 is 11.5 Å². The first-order chi connectivity index (χ1) is 8.63. The van der Waals surface area contributed by atoms with Crippen molar-refractivity contribution in [1.82, 2.24) is 9.97 Å². The molecule has 1 aromatic carbocycles. The number of benzene rings is 1. The second kappa shape index (κ2) is 4.70. The summed E-state index contributed by atoms with van der Waals surface area (Å²) in [6.07, 6.45) is 0. The molecule has 0 saturated carbocycles. The number of ether oxygens (including phenoxy) is 1. The zero-order chi connectivity index (χ0) is 13.1. The number of nitrogens with two attached hydrogens (primary N) is 2. The van der Waals surface area contributed by atoms with Gasteiger partial charge in [0.15, 0.2) is 17.3 Å². The van der Waals surface area contributed by atoms with Gasteiger partial charge in [0.25, 0.3) is 0 Å². The molecule has 0 unspecified atom stereocenters. The average molecular weight is 244 g/mol. The molecule has 92 valence electrons. The van der Waals surface area contributed by atoms with Gasteiger partial charge in [-0.2, -0.15) is 0 Å². The van der Waals surface area contributed by atoms with E-state index in [9.17, 15) is 4.79 Å². The lowest BCUT2D eigenvalue weighted by atomic mass is 10.1. The second-order valence-corrected chi connectivity index (χ2v) is 3.55. The Morgan fingerprint density at radius 3 is 2.39 bits per heavy atom. The summed E-state index contributed by atoms with van der Waals surface area (Å²) in [5, 5.41) is 0. The Morgan fingerprint density at radius 2 is 1.78 bits per heavy atom. The van der Waals surface area contributed by atoms with E-state index in [0.717, 1.165) is 5.56 Å². The molecule has 0 bridgehead atoms. The lowest BCUT2D eigenvalue weighted by molar-refractivity contribution is 0.0595. The number of methoxy groups -OCH3 is 1. The molecule has 0 saturated heterocycles. The largest absolute Gasteiger partial charge is 0.464 e. The number of carbonyl (C=O) groups is 1. The van der Waals surface area contributed by atoms with Crippen LogP contribution in [0.1, 0.15) is 10.5 Å². The summed E-state index contributed by atoms with van der Waals surface area (Å²) in [7, 11) is 1.25. The summed E-state index contributed by atoms with van der Waals surface area (Å²) in [6, 6.07) is 9.18. The molecule has 0 aliphatic carbocycles. The van der Waals surface area contributed by atoms with Gasteiger partial charge in [0.2, 0.25) is 0 Å². The Bertz CT molecular complexity index is 584. The normalized spacial score (nSPS) is 10.1. The molecule has 2 aromatic rings. The number of hydrogen-bond acceptors (Lipinski definition) is 6. The monoisotopic (exact) mass is 244 g/mol. The van der Waals surface area contributed by atoms with Crippen LogP contribution in [-0.4, -0.2) is 23.0 Å². The molecule has 6 nitrogen and oxygen atoms in total. The van der Waals surface area contributed by atoms with Crippen molar-refractivity contribution in [1.29, 1.82) is 0 Å². The molecule has 1 heterocycles. The molecule has 0 spiro atoms. The molecule has 1 aromatic heterocycles. The van der Waals surface area contributed by atoms with Gasteiger partial charge in [-0.3, -0.25) is 0 Å². The van der Waals surface area contributed by atoms with Crippen LogP contribution in [0.5, 0.6) is 0 Å². The van der Waals surface area contributed by atoms with E-state index in [1.165, 1.54) is 7.11 Å². The van der Waals surface area contributed by atoms with Crippen LogP contribution in [0.2, 0.25) is 0 Å². The summed E-state index contributed by atoms with van der Waals surface area (Å²) in [5.74, 6) is -0.512. The van der Waals surface area contributed by atoms with Crippen LogP contribution in [0, 0.1) is 0 Å². The Kier molecular flexibility index (Phi) is 3.09. The van der Waals surface area contributed by atoms with E-state index in [4.69, 9.17) is 11.5 Å². The number of esters is 1. The number of nitrogens with zero attached hydrogens (tertiary/aromatic N) is 2. The molecule has 18 heavy (non-hydrogen) atoms. The molecule has 0 fully saturated rings. The fourth-order valence-corrected chi connectivity index (χ4v) is 1.52. The van der Waals surface area contributed by atoms with Crippen LogP contribution in [0.15, 0.2) is 30.3 Å². The van der Waals surface area contributed by atoms with E-state index >= 15 is 0 Å². The molecular weight excluding hydrogens is 232 g/mol. The van der Waals surface area contributed by atoms with E-state index in [2.05, 4.69) is 14.7 Å². The number of hydrogen-bond donors (Lipinski definition) is 2. The van der Waals surface area contributed by atoms with Crippen LogP contribution in [0.25, 0.3) is 11.3 Å². The summed E-state index contributed by atoms with van der Waals surface area (Å²) in [6.45, 7) is 0.